The van der Waals surface area contributed by atoms with Gasteiger partial charge < -0.3 is 20.4 Å². The van der Waals surface area contributed by atoms with E-state index in [0.717, 1.165) is 29.7 Å². The Morgan fingerprint density at radius 3 is 2.88 bits per heavy atom. The smallest absolute Gasteiger partial charge is 0.251 e. The second-order valence-corrected chi connectivity index (χ2v) is 11.0. The summed E-state index contributed by atoms with van der Waals surface area (Å²) in [5.41, 5.74) is 5.91. The third-order valence-electron chi connectivity index (χ3n) is 7.44. The molecule has 4 aromatic rings. The highest BCUT2D eigenvalue weighted by molar-refractivity contribution is 7.23. The van der Waals surface area contributed by atoms with Gasteiger partial charge in [0.1, 0.15) is 28.4 Å². The van der Waals surface area contributed by atoms with Crippen molar-refractivity contribution in [3.63, 3.8) is 0 Å². The molecule has 2 atom stereocenters. The van der Waals surface area contributed by atoms with Crippen LogP contribution in [0.3, 0.4) is 0 Å². The highest BCUT2D eigenvalue weighted by atomic mass is 35.5. The molecule has 2 aromatic heterocycles. The van der Waals surface area contributed by atoms with E-state index >= 15 is 4.39 Å². The zero-order valence-corrected chi connectivity index (χ0v) is 22.4. The zero-order chi connectivity index (χ0) is 31.1. The molecular formula is C28H21ClF2N6O2S. The molecular weight excluding hydrogens is 558 g/mol. The van der Waals surface area contributed by atoms with E-state index in [2.05, 4.69) is 11.6 Å². The molecule has 6 rings (SSSR count). The van der Waals surface area contributed by atoms with Crippen molar-refractivity contribution < 1.29 is 22.5 Å². The second-order valence-electron chi connectivity index (χ2n) is 9.57. The number of carbonyl (C=O) groups is 2. The number of fused-ring (bicyclic) bond motifs is 6. The van der Waals surface area contributed by atoms with Gasteiger partial charge in [-0.1, -0.05) is 24.2 Å². The van der Waals surface area contributed by atoms with E-state index in [1.807, 2.05) is 6.07 Å². The number of hydrogen-bond acceptors (Lipinski definition) is 7. The van der Waals surface area contributed by atoms with E-state index in [1.165, 1.54) is 17.0 Å². The van der Waals surface area contributed by atoms with Crippen LogP contribution < -0.4 is 15.5 Å². The number of nitrogens with zero attached hydrogens (tertiary/aromatic N) is 5. The van der Waals surface area contributed by atoms with Gasteiger partial charge in [-0.3, -0.25) is 14.6 Å². The Bertz CT molecular complexity index is 1960. The number of nitrogens with two attached hydrogens (primary N) is 1. The van der Waals surface area contributed by atoms with Crippen molar-refractivity contribution in [1.82, 2.24) is 9.88 Å². The van der Waals surface area contributed by atoms with Crippen LogP contribution in [0.2, 0.25) is 5.02 Å². The number of rotatable bonds is 2. The van der Waals surface area contributed by atoms with Crippen LogP contribution >= 0.6 is 22.9 Å². The molecule has 0 aliphatic carbocycles. The fourth-order valence-electron chi connectivity index (χ4n) is 5.59. The van der Waals surface area contributed by atoms with E-state index in [4.69, 9.17) is 21.4 Å². The maximum atomic E-state index is 16.6. The zero-order valence-electron chi connectivity index (χ0n) is 23.8. The summed E-state index contributed by atoms with van der Waals surface area (Å²) < 4.78 is 55.6. The molecule has 0 spiro atoms. The van der Waals surface area contributed by atoms with Gasteiger partial charge in [-0.05, 0) is 30.7 Å². The van der Waals surface area contributed by atoms with Crippen molar-refractivity contribution >= 4 is 72.1 Å². The number of halogens is 3. The predicted molar refractivity (Wildman–Crippen MR) is 153 cm³/mol. The molecule has 1 saturated heterocycles. The molecule has 0 saturated carbocycles. The quantitative estimate of drug-likeness (QED) is 0.331. The third-order valence-corrected chi connectivity index (χ3v) is 8.76. The van der Waals surface area contributed by atoms with E-state index in [9.17, 15) is 19.2 Å². The lowest BCUT2D eigenvalue weighted by Crippen LogP contribution is -2.65. The third kappa shape index (κ3) is 3.49. The summed E-state index contributed by atoms with van der Waals surface area (Å²) in [6, 6.07) is 4.30. The number of nitrogen functional groups attached to an aromatic ring is 1. The normalized spacial score (nSPS) is 20.0. The fourth-order valence-corrected chi connectivity index (χ4v) is 6.83. The minimum Gasteiger partial charge on any atom is -0.389 e. The molecule has 0 bridgehead atoms. The SMILES string of the molecule is [2H]C([2H])([2H])N1C(=O)[C@H]2CN(C(=O)C=C)[C@H](C)CN2c2c1cnc1c(F)c(-c3ccc(F)c4sc(N)c(C#N)c34)c(Cl)cc21. The van der Waals surface area contributed by atoms with E-state index in [0.29, 0.717) is 4.90 Å². The van der Waals surface area contributed by atoms with E-state index < -0.39 is 42.5 Å². The number of hydrogen-bond donors (Lipinski definition) is 1. The maximum Gasteiger partial charge on any atom is 0.251 e. The van der Waals surface area contributed by atoms with Gasteiger partial charge >= 0.3 is 0 Å². The first-order valence-corrected chi connectivity index (χ1v) is 13.2. The molecule has 1 fully saturated rings. The van der Waals surface area contributed by atoms with Gasteiger partial charge in [0.05, 0.1) is 39.4 Å². The lowest BCUT2D eigenvalue weighted by atomic mass is 9.95. The number of piperazine rings is 1. The number of amides is 2. The Hall–Kier alpha value is -4.27. The molecule has 40 heavy (non-hydrogen) atoms. The number of carbonyl (C=O) groups excluding carboxylic acids is 2. The molecule has 0 radical (unpaired) electrons. The molecule has 202 valence electrons. The lowest BCUT2D eigenvalue weighted by molar-refractivity contribution is -0.130. The van der Waals surface area contributed by atoms with Crippen LogP contribution in [-0.4, -0.2) is 53.8 Å². The van der Waals surface area contributed by atoms with Crippen molar-refractivity contribution in [3.8, 4) is 17.2 Å². The predicted octanol–water partition coefficient (Wildman–Crippen LogP) is 5.07. The molecule has 2 aromatic carbocycles. The van der Waals surface area contributed by atoms with Gasteiger partial charge in [-0.15, -0.1) is 11.3 Å². The Morgan fingerprint density at radius 2 is 2.17 bits per heavy atom. The Labute approximate surface area is 240 Å². The topological polar surface area (TPSA) is 107 Å². The van der Waals surface area contributed by atoms with Crippen LogP contribution in [-0.2, 0) is 9.59 Å². The number of aromatic nitrogens is 1. The minimum atomic E-state index is -2.92. The minimum absolute atomic E-state index is 0.0148. The Balaban J connectivity index is 1.63. The second kappa shape index (κ2) is 9.15. The summed E-state index contributed by atoms with van der Waals surface area (Å²) in [5, 5.41) is 9.91. The Kier molecular flexibility index (Phi) is 5.15. The van der Waals surface area contributed by atoms with E-state index in [-0.39, 0.29) is 72.2 Å². The number of pyridine rings is 1. The van der Waals surface area contributed by atoms with Crippen LogP contribution in [0.5, 0.6) is 0 Å². The molecule has 0 unspecified atom stereocenters. The molecule has 2 aliphatic heterocycles. The van der Waals surface area contributed by atoms with Crippen molar-refractivity contribution in [3.05, 3.63) is 59.3 Å². The van der Waals surface area contributed by atoms with Gasteiger partial charge in [0.25, 0.3) is 5.91 Å². The molecule has 2 N–H and O–H groups in total. The van der Waals surface area contributed by atoms with Gasteiger partial charge in [0, 0.05) is 40.0 Å². The first kappa shape index (κ1) is 22.5. The van der Waals surface area contributed by atoms with Gasteiger partial charge in [0.15, 0.2) is 5.82 Å². The van der Waals surface area contributed by atoms with Crippen LogP contribution in [0.4, 0.5) is 25.2 Å². The summed E-state index contributed by atoms with van der Waals surface area (Å²) in [6.07, 6.45) is 2.24. The van der Waals surface area contributed by atoms with Crippen LogP contribution in [0, 0.1) is 23.0 Å². The summed E-state index contributed by atoms with van der Waals surface area (Å²) in [4.78, 5) is 34.1. The van der Waals surface area contributed by atoms with E-state index in [1.54, 1.807) is 11.8 Å². The van der Waals surface area contributed by atoms with Gasteiger partial charge in [0.2, 0.25) is 5.91 Å². The summed E-state index contributed by atoms with van der Waals surface area (Å²) >= 11 is 7.58. The van der Waals surface area contributed by atoms with Crippen molar-refractivity contribution in [2.45, 2.75) is 19.0 Å². The average Bonchev–Trinajstić information content (AvgIpc) is 3.29. The number of likely N-dealkylation sites (N-methyl/N-ethyl adjacent to an activating group) is 1. The summed E-state index contributed by atoms with van der Waals surface area (Å²) in [5.74, 6) is -2.71. The summed E-state index contributed by atoms with van der Waals surface area (Å²) in [7, 11) is 0. The molecule has 2 aliphatic rings. The Morgan fingerprint density at radius 1 is 1.40 bits per heavy atom. The van der Waals surface area contributed by atoms with Gasteiger partial charge in [-0.2, -0.15) is 5.26 Å². The van der Waals surface area contributed by atoms with Crippen LogP contribution in [0.25, 0.3) is 32.1 Å². The molecule has 8 nitrogen and oxygen atoms in total. The fraction of sp³-hybridized carbons (Fsp3) is 0.214. The van der Waals surface area contributed by atoms with Crippen molar-refractivity contribution in [2.75, 3.05) is 35.6 Å². The number of nitriles is 1. The summed E-state index contributed by atoms with van der Waals surface area (Å²) in [6.45, 7) is 2.36. The standard InChI is InChI=1S/C28H21ClF2N6O2S/c1-4-20(38)36-11-19-28(39)35(3)18-9-34-24-14(25(18)37(19)10-12(36)2)7-16(29)22(23(24)31)13-5-6-17(30)26-21(13)15(8-32)27(33)40-26/h4-7,9,12,19H,1,10-11,33H2,2-3H3/t12-,19-/m1/s1/i3D3. The molecule has 12 heteroatoms. The maximum absolute atomic E-state index is 16.6. The monoisotopic (exact) mass is 581 g/mol. The van der Waals surface area contributed by atoms with Crippen LogP contribution in [0.15, 0.2) is 37.1 Å². The highest BCUT2D eigenvalue weighted by Gasteiger charge is 2.44. The molecule has 4 heterocycles. The van der Waals surface area contributed by atoms with Crippen molar-refractivity contribution in [1.29, 1.82) is 5.26 Å². The lowest BCUT2D eigenvalue weighted by Gasteiger charge is -2.50. The largest absolute Gasteiger partial charge is 0.389 e. The number of thiophene rings is 1. The highest BCUT2D eigenvalue weighted by Crippen LogP contribution is 2.48. The first-order valence-electron chi connectivity index (χ1n) is 13.6. The van der Waals surface area contributed by atoms with Gasteiger partial charge in [-0.25, -0.2) is 8.78 Å². The van der Waals surface area contributed by atoms with Crippen LogP contribution in [0.1, 0.15) is 16.6 Å². The first-order chi connectivity index (χ1) is 20.3. The van der Waals surface area contributed by atoms with Crippen molar-refractivity contribution in [2.24, 2.45) is 0 Å². The number of anilines is 3. The average molecular weight is 582 g/mol. The number of benzene rings is 2. The molecule has 2 amide bonds.